The molecule has 0 saturated carbocycles. The Morgan fingerprint density at radius 2 is 1.18 bits per heavy atom. The van der Waals surface area contributed by atoms with Crippen molar-refractivity contribution in [2.45, 2.75) is 12.3 Å². The van der Waals surface area contributed by atoms with Gasteiger partial charge >= 0.3 is 0 Å². The Morgan fingerprint density at radius 3 is 1.64 bits per heavy atom. The van der Waals surface area contributed by atoms with E-state index in [1.807, 2.05) is 6.08 Å². The van der Waals surface area contributed by atoms with Crippen LogP contribution in [-0.2, 0) is 6.42 Å². The molecule has 0 heterocycles. The first kappa shape index (κ1) is 14.3. The first-order valence-corrected chi connectivity index (χ1v) is 7.68. The molecule has 0 spiro atoms. The summed E-state index contributed by atoms with van der Waals surface area (Å²) < 4.78 is 0. The Hall–Kier alpha value is -2.60. The van der Waals surface area contributed by atoms with E-state index in [2.05, 4.69) is 91.5 Å². The van der Waals surface area contributed by atoms with Crippen molar-refractivity contribution in [3.8, 4) is 0 Å². The summed E-state index contributed by atoms with van der Waals surface area (Å²) in [6.07, 6.45) is 2.89. The highest BCUT2D eigenvalue weighted by Gasteiger charge is 2.14. The van der Waals surface area contributed by atoms with Crippen LogP contribution in [0.4, 0.5) is 0 Å². The van der Waals surface area contributed by atoms with Crippen LogP contribution >= 0.6 is 0 Å². The molecule has 0 aliphatic rings. The van der Waals surface area contributed by atoms with Crippen LogP contribution in [0.15, 0.2) is 91.5 Å². The lowest BCUT2D eigenvalue weighted by Gasteiger charge is -2.18. The number of rotatable bonds is 5. The van der Waals surface area contributed by atoms with Crippen LogP contribution in [0, 0.1) is 0 Å². The molecule has 0 fully saturated rings. The normalized spacial score (nSPS) is 10.6. The molecule has 0 N–H and O–H groups in total. The standard InChI is InChI=1S/C22H20/c1-2-18-13-15-19(16-14-18)17-22(20-9-5-3-6-10-20)21-11-7-4-8-12-21/h2-16,22H,1,17H2. The van der Waals surface area contributed by atoms with E-state index < -0.39 is 0 Å². The van der Waals surface area contributed by atoms with Crippen LogP contribution < -0.4 is 0 Å². The van der Waals surface area contributed by atoms with Crippen LogP contribution in [0.2, 0.25) is 0 Å². The monoisotopic (exact) mass is 284 g/mol. The minimum absolute atomic E-state index is 0.386. The zero-order valence-corrected chi connectivity index (χ0v) is 12.7. The van der Waals surface area contributed by atoms with Gasteiger partial charge in [0.1, 0.15) is 0 Å². The molecule has 0 bridgehead atoms. The Kier molecular flexibility index (Phi) is 4.50. The van der Waals surface area contributed by atoms with Crippen molar-refractivity contribution in [1.82, 2.24) is 0 Å². The summed E-state index contributed by atoms with van der Waals surface area (Å²) in [4.78, 5) is 0. The second-order valence-electron chi connectivity index (χ2n) is 5.52. The molecule has 0 saturated heterocycles. The van der Waals surface area contributed by atoms with E-state index in [0.29, 0.717) is 5.92 Å². The summed E-state index contributed by atoms with van der Waals surface area (Å²) in [5, 5.41) is 0. The van der Waals surface area contributed by atoms with Gasteiger partial charge in [-0.2, -0.15) is 0 Å². The molecule has 3 aromatic carbocycles. The third kappa shape index (κ3) is 3.35. The molecule has 3 rings (SSSR count). The molecule has 0 aliphatic heterocycles. The molecule has 108 valence electrons. The number of hydrogen-bond donors (Lipinski definition) is 0. The van der Waals surface area contributed by atoms with Gasteiger partial charge in [-0.25, -0.2) is 0 Å². The van der Waals surface area contributed by atoms with E-state index in [9.17, 15) is 0 Å². The minimum Gasteiger partial charge on any atom is -0.0985 e. The lowest BCUT2D eigenvalue weighted by molar-refractivity contribution is 0.805. The molecule has 0 atom stereocenters. The molecular formula is C22H20. The summed E-state index contributed by atoms with van der Waals surface area (Å²) in [5.74, 6) is 0.386. The molecule has 0 aromatic heterocycles. The summed E-state index contributed by atoms with van der Waals surface area (Å²) in [5.41, 5.74) is 5.24. The predicted molar refractivity (Wildman–Crippen MR) is 95.0 cm³/mol. The first-order chi connectivity index (χ1) is 10.9. The van der Waals surface area contributed by atoms with Gasteiger partial charge in [-0.05, 0) is 28.7 Å². The highest BCUT2D eigenvalue weighted by molar-refractivity contribution is 5.47. The van der Waals surface area contributed by atoms with E-state index in [1.54, 1.807) is 0 Å². The van der Waals surface area contributed by atoms with Crippen molar-refractivity contribution in [3.63, 3.8) is 0 Å². The fraction of sp³-hybridized carbons (Fsp3) is 0.0909. The molecule has 0 nitrogen and oxygen atoms in total. The Bertz CT molecular complexity index is 670. The maximum atomic E-state index is 3.82. The van der Waals surface area contributed by atoms with Gasteiger partial charge in [0.2, 0.25) is 0 Å². The summed E-state index contributed by atoms with van der Waals surface area (Å²) in [6.45, 7) is 3.82. The number of hydrogen-bond acceptors (Lipinski definition) is 0. The van der Waals surface area contributed by atoms with Gasteiger partial charge in [0.15, 0.2) is 0 Å². The fourth-order valence-corrected chi connectivity index (χ4v) is 2.82. The Balaban J connectivity index is 1.93. The minimum atomic E-state index is 0.386. The van der Waals surface area contributed by atoms with Crippen molar-refractivity contribution in [2.24, 2.45) is 0 Å². The van der Waals surface area contributed by atoms with Gasteiger partial charge < -0.3 is 0 Å². The van der Waals surface area contributed by atoms with E-state index in [-0.39, 0.29) is 0 Å². The summed E-state index contributed by atoms with van der Waals surface area (Å²) >= 11 is 0. The van der Waals surface area contributed by atoms with Gasteiger partial charge in [-0.15, -0.1) is 0 Å². The zero-order chi connectivity index (χ0) is 15.2. The van der Waals surface area contributed by atoms with Crippen LogP contribution in [0.5, 0.6) is 0 Å². The third-order valence-corrected chi connectivity index (χ3v) is 4.06. The average molecular weight is 284 g/mol. The summed E-state index contributed by atoms with van der Waals surface area (Å²) in [7, 11) is 0. The molecule has 0 aliphatic carbocycles. The molecule has 0 radical (unpaired) electrons. The number of benzene rings is 3. The van der Waals surface area contributed by atoms with Crippen LogP contribution in [-0.4, -0.2) is 0 Å². The van der Waals surface area contributed by atoms with Crippen LogP contribution in [0.1, 0.15) is 28.2 Å². The van der Waals surface area contributed by atoms with Gasteiger partial charge in [0.05, 0.1) is 0 Å². The zero-order valence-electron chi connectivity index (χ0n) is 12.7. The highest BCUT2D eigenvalue weighted by Crippen LogP contribution is 2.28. The topological polar surface area (TPSA) is 0 Å². The SMILES string of the molecule is C=Cc1ccc(CC(c2ccccc2)c2ccccc2)cc1. The maximum absolute atomic E-state index is 3.82. The predicted octanol–water partition coefficient (Wildman–Crippen LogP) is 5.70. The summed E-state index contributed by atoms with van der Waals surface area (Å²) in [6, 6.07) is 30.2. The highest BCUT2D eigenvalue weighted by atomic mass is 14.2. The van der Waals surface area contributed by atoms with E-state index in [0.717, 1.165) is 6.42 Å². The third-order valence-electron chi connectivity index (χ3n) is 4.06. The van der Waals surface area contributed by atoms with Gasteiger partial charge in [0.25, 0.3) is 0 Å². The molecule has 0 unspecified atom stereocenters. The fourth-order valence-electron chi connectivity index (χ4n) is 2.82. The molecule has 0 amide bonds. The van der Waals surface area contributed by atoms with Crippen molar-refractivity contribution in [1.29, 1.82) is 0 Å². The lowest BCUT2D eigenvalue weighted by Crippen LogP contribution is -2.05. The second-order valence-corrected chi connectivity index (χ2v) is 5.52. The van der Waals surface area contributed by atoms with E-state index >= 15 is 0 Å². The quantitative estimate of drug-likeness (QED) is 0.563. The smallest absolute Gasteiger partial charge is 0.0130 e. The molecule has 3 aromatic rings. The average Bonchev–Trinajstić information content (AvgIpc) is 2.62. The second kappa shape index (κ2) is 6.91. The van der Waals surface area contributed by atoms with Gasteiger partial charge in [0, 0.05) is 5.92 Å². The van der Waals surface area contributed by atoms with Crippen LogP contribution in [0.3, 0.4) is 0 Å². The Morgan fingerprint density at radius 1 is 0.682 bits per heavy atom. The van der Waals surface area contributed by atoms with E-state index in [1.165, 1.54) is 22.3 Å². The van der Waals surface area contributed by atoms with Crippen molar-refractivity contribution >= 4 is 6.08 Å². The van der Waals surface area contributed by atoms with Crippen molar-refractivity contribution < 1.29 is 0 Å². The van der Waals surface area contributed by atoms with Crippen molar-refractivity contribution in [3.05, 3.63) is 114 Å². The van der Waals surface area contributed by atoms with E-state index in [4.69, 9.17) is 0 Å². The molecule has 22 heavy (non-hydrogen) atoms. The Labute approximate surface area is 132 Å². The maximum Gasteiger partial charge on any atom is 0.0130 e. The lowest BCUT2D eigenvalue weighted by atomic mass is 9.86. The van der Waals surface area contributed by atoms with Gasteiger partial charge in [-0.3, -0.25) is 0 Å². The molecule has 0 heteroatoms. The van der Waals surface area contributed by atoms with Crippen molar-refractivity contribution in [2.75, 3.05) is 0 Å². The van der Waals surface area contributed by atoms with Crippen LogP contribution in [0.25, 0.3) is 6.08 Å². The molecular weight excluding hydrogens is 264 g/mol. The first-order valence-electron chi connectivity index (χ1n) is 7.68. The largest absolute Gasteiger partial charge is 0.0985 e. The van der Waals surface area contributed by atoms with Gasteiger partial charge in [-0.1, -0.05) is 97.6 Å².